The molecule has 6 heteroatoms. The molecule has 1 saturated heterocycles. The van der Waals surface area contributed by atoms with E-state index in [9.17, 15) is 18.0 Å². The summed E-state index contributed by atoms with van der Waals surface area (Å²) < 4.78 is 44.2. The van der Waals surface area contributed by atoms with Gasteiger partial charge in [-0.2, -0.15) is 0 Å². The number of methoxy groups -OCH3 is 1. The van der Waals surface area contributed by atoms with Gasteiger partial charge in [-0.25, -0.2) is 13.2 Å². The summed E-state index contributed by atoms with van der Waals surface area (Å²) in [4.78, 5) is 13.6. The van der Waals surface area contributed by atoms with Gasteiger partial charge < -0.3 is 9.64 Å². The lowest BCUT2D eigenvalue weighted by Crippen LogP contribution is -2.39. The molecule has 1 aromatic carbocycles. The first-order chi connectivity index (χ1) is 9.52. The van der Waals surface area contributed by atoms with E-state index >= 15 is 0 Å². The molecule has 1 aliphatic heterocycles. The van der Waals surface area contributed by atoms with Gasteiger partial charge in [0.25, 0.3) is 5.91 Å². The van der Waals surface area contributed by atoms with Crippen molar-refractivity contribution in [2.24, 2.45) is 5.92 Å². The van der Waals surface area contributed by atoms with Crippen molar-refractivity contribution in [3.8, 4) is 0 Å². The summed E-state index contributed by atoms with van der Waals surface area (Å²) in [6.07, 6.45) is 1.57. The van der Waals surface area contributed by atoms with Crippen molar-refractivity contribution in [3.63, 3.8) is 0 Å². The van der Waals surface area contributed by atoms with Crippen LogP contribution in [-0.4, -0.2) is 37.6 Å². The second kappa shape index (κ2) is 6.26. The van der Waals surface area contributed by atoms with Crippen LogP contribution in [0.4, 0.5) is 13.2 Å². The molecular weight excluding hydrogens is 271 g/mol. The summed E-state index contributed by atoms with van der Waals surface area (Å²) in [5.41, 5.74) is -0.161. The summed E-state index contributed by atoms with van der Waals surface area (Å²) >= 11 is 0. The third-order valence-electron chi connectivity index (χ3n) is 3.53. The zero-order valence-corrected chi connectivity index (χ0v) is 11.2. The van der Waals surface area contributed by atoms with Gasteiger partial charge in [0.2, 0.25) is 0 Å². The Balaban J connectivity index is 2.06. The molecule has 1 heterocycles. The number of ether oxygens (including phenoxy) is 1. The smallest absolute Gasteiger partial charge is 0.254 e. The summed E-state index contributed by atoms with van der Waals surface area (Å²) in [7, 11) is 1.63. The highest BCUT2D eigenvalue weighted by molar-refractivity contribution is 5.94. The number of carbonyl (C=O) groups is 1. The Morgan fingerprint density at radius 2 is 1.80 bits per heavy atom. The first-order valence-electron chi connectivity index (χ1n) is 6.45. The molecular formula is C14H16F3NO2. The number of nitrogens with zero attached hydrogens (tertiary/aromatic N) is 1. The highest BCUT2D eigenvalue weighted by Crippen LogP contribution is 2.21. The number of benzene rings is 1. The van der Waals surface area contributed by atoms with Crippen molar-refractivity contribution < 1.29 is 22.7 Å². The summed E-state index contributed by atoms with van der Waals surface area (Å²) in [6, 6.07) is 1.48. The average molecular weight is 287 g/mol. The van der Waals surface area contributed by atoms with Crippen LogP contribution in [0.15, 0.2) is 12.1 Å². The molecule has 0 aromatic heterocycles. The van der Waals surface area contributed by atoms with Crippen LogP contribution >= 0.6 is 0 Å². The number of amides is 1. The van der Waals surface area contributed by atoms with Crippen molar-refractivity contribution in [3.05, 3.63) is 35.1 Å². The van der Waals surface area contributed by atoms with Crippen LogP contribution in [0, 0.1) is 23.4 Å². The minimum atomic E-state index is -1.56. The van der Waals surface area contributed by atoms with E-state index in [2.05, 4.69) is 0 Å². The molecule has 0 saturated carbocycles. The molecule has 0 bridgehead atoms. The first kappa shape index (κ1) is 14.8. The van der Waals surface area contributed by atoms with Crippen LogP contribution in [0.3, 0.4) is 0 Å². The highest BCUT2D eigenvalue weighted by Gasteiger charge is 2.25. The Hall–Kier alpha value is -1.56. The monoisotopic (exact) mass is 287 g/mol. The van der Waals surface area contributed by atoms with E-state index in [-0.39, 0.29) is 5.56 Å². The molecule has 0 N–H and O–H groups in total. The highest BCUT2D eigenvalue weighted by atomic mass is 19.2. The zero-order valence-electron chi connectivity index (χ0n) is 11.2. The first-order valence-corrected chi connectivity index (χ1v) is 6.45. The Labute approximate surface area is 115 Å². The third kappa shape index (κ3) is 3.12. The molecule has 2 rings (SSSR count). The number of carbonyl (C=O) groups excluding carboxylic acids is 1. The fraction of sp³-hybridized carbons (Fsp3) is 0.500. The van der Waals surface area contributed by atoms with E-state index in [1.165, 1.54) is 4.90 Å². The lowest BCUT2D eigenvalue weighted by molar-refractivity contribution is 0.0612. The van der Waals surface area contributed by atoms with E-state index in [4.69, 9.17) is 4.74 Å². The van der Waals surface area contributed by atoms with Gasteiger partial charge in [0.15, 0.2) is 17.5 Å². The predicted molar refractivity (Wildman–Crippen MR) is 66.8 cm³/mol. The molecule has 0 spiro atoms. The molecule has 1 fully saturated rings. The van der Waals surface area contributed by atoms with Crippen molar-refractivity contribution >= 4 is 5.91 Å². The molecule has 0 radical (unpaired) electrons. The molecule has 1 aromatic rings. The Morgan fingerprint density at radius 1 is 1.25 bits per heavy atom. The Kier molecular flexibility index (Phi) is 4.65. The van der Waals surface area contributed by atoms with Crippen LogP contribution in [0.1, 0.15) is 23.2 Å². The Morgan fingerprint density at radius 3 is 2.30 bits per heavy atom. The molecule has 1 aliphatic rings. The number of piperidine rings is 1. The molecule has 3 nitrogen and oxygen atoms in total. The minimum absolute atomic E-state index is 0.161. The number of likely N-dealkylation sites (tertiary alicyclic amines) is 1. The number of hydrogen-bond donors (Lipinski definition) is 0. The quantitative estimate of drug-likeness (QED) is 0.800. The Bertz CT molecular complexity index is 476. The van der Waals surface area contributed by atoms with Crippen LogP contribution in [-0.2, 0) is 4.74 Å². The molecule has 0 aliphatic carbocycles. The second-order valence-corrected chi connectivity index (χ2v) is 4.94. The minimum Gasteiger partial charge on any atom is -0.384 e. The maximum atomic E-state index is 13.1. The van der Waals surface area contributed by atoms with E-state index in [1.807, 2.05) is 0 Å². The zero-order chi connectivity index (χ0) is 14.7. The summed E-state index contributed by atoms with van der Waals surface area (Å²) in [5, 5.41) is 0. The summed E-state index contributed by atoms with van der Waals surface area (Å²) in [5.74, 6) is -4.32. The number of rotatable bonds is 3. The topological polar surface area (TPSA) is 29.5 Å². The molecule has 20 heavy (non-hydrogen) atoms. The van der Waals surface area contributed by atoms with Gasteiger partial charge >= 0.3 is 0 Å². The lowest BCUT2D eigenvalue weighted by atomic mass is 9.97. The van der Waals surface area contributed by atoms with Crippen LogP contribution < -0.4 is 0 Å². The van der Waals surface area contributed by atoms with Crippen molar-refractivity contribution in [2.45, 2.75) is 12.8 Å². The number of halogens is 3. The SMILES string of the molecule is COCC1CCN(C(=O)c2cc(F)c(F)c(F)c2)CC1. The third-order valence-corrected chi connectivity index (χ3v) is 3.53. The van der Waals surface area contributed by atoms with Crippen molar-refractivity contribution in [2.75, 3.05) is 26.8 Å². The van der Waals surface area contributed by atoms with Crippen LogP contribution in [0.2, 0.25) is 0 Å². The van der Waals surface area contributed by atoms with E-state index in [0.29, 0.717) is 25.6 Å². The standard InChI is InChI=1S/C14H16F3NO2/c1-20-8-9-2-4-18(5-3-9)14(19)10-6-11(15)13(17)12(16)7-10/h6-7,9H,2-5,8H2,1H3. The van der Waals surface area contributed by atoms with Crippen LogP contribution in [0.5, 0.6) is 0 Å². The van der Waals surface area contributed by atoms with Gasteiger partial charge in [-0.3, -0.25) is 4.79 Å². The molecule has 0 atom stereocenters. The maximum Gasteiger partial charge on any atom is 0.254 e. The molecule has 110 valence electrons. The van der Waals surface area contributed by atoms with E-state index in [0.717, 1.165) is 25.0 Å². The molecule has 1 amide bonds. The summed E-state index contributed by atoms with van der Waals surface area (Å²) in [6.45, 7) is 1.66. The van der Waals surface area contributed by atoms with Gasteiger partial charge in [0.05, 0.1) is 0 Å². The molecule has 0 unspecified atom stereocenters. The second-order valence-electron chi connectivity index (χ2n) is 4.94. The normalized spacial score (nSPS) is 16.5. The van der Waals surface area contributed by atoms with E-state index < -0.39 is 23.4 Å². The van der Waals surface area contributed by atoms with Gasteiger partial charge in [-0.15, -0.1) is 0 Å². The van der Waals surface area contributed by atoms with E-state index in [1.54, 1.807) is 7.11 Å². The maximum absolute atomic E-state index is 13.1. The van der Waals surface area contributed by atoms with Gasteiger partial charge in [0.1, 0.15) is 0 Å². The van der Waals surface area contributed by atoms with Crippen molar-refractivity contribution in [1.29, 1.82) is 0 Å². The lowest BCUT2D eigenvalue weighted by Gasteiger charge is -2.31. The fourth-order valence-corrected chi connectivity index (χ4v) is 2.40. The number of hydrogen-bond acceptors (Lipinski definition) is 2. The fourth-order valence-electron chi connectivity index (χ4n) is 2.40. The van der Waals surface area contributed by atoms with Crippen LogP contribution in [0.25, 0.3) is 0 Å². The predicted octanol–water partition coefficient (Wildman–Crippen LogP) is 2.60. The van der Waals surface area contributed by atoms with Gasteiger partial charge in [-0.1, -0.05) is 0 Å². The van der Waals surface area contributed by atoms with Gasteiger partial charge in [0, 0.05) is 32.4 Å². The largest absolute Gasteiger partial charge is 0.384 e. The van der Waals surface area contributed by atoms with Gasteiger partial charge in [-0.05, 0) is 30.9 Å². The van der Waals surface area contributed by atoms with Crippen molar-refractivity contribution in [1.82, 2.24) is 4.90 Å². The average Bonchev–Trinajstić information content (AvgIpc) is 2.44.